The molecule has 2 atom stereocenters. The number of rotatable bonds is 18. The van der Waals surface area contributed by atoms with Gasteiger partial charge in [-0.2, -0.15) is 0 Å². The molecule has 0 aromatic rings. The number of ether oxygens (including phenoxy) is 1. The fraction of sp³-hybridized carbons (Fsp3) is 0.870. The first kappa shape index (κ1) is 25.4. The zero-order chi connectivity index (χ0) is 21.3. The first-order chi connectivity index (χ1) is 14.0. The molecule has 1 fully saturated rings. The van der Waals surface area contributed by atoms with E-state index in [-0.39, 0.29) is 12.3 Å². The van der Waals surface area contributed by atoms with E-state index in [9.17, 15) is 19.5 Å². The Bertz CT molecular complexity index is 480. The number of esters is 1. The van der Waals surface area contributed by atoms with Gasteiger partial charge in [-0.25, -0.2) is 9.59 Å². The first-order valence-corrected chi connectivity index (χ1v) is 11.8. The highest BCUT2D eigenvalue weighted by Crippen LogP contribution is 2.16. The second kappa shape index (κ2) is 16.2. The number of amides is 1. The molecule has 29 heavy (non-hydrogen) atoms. The van der Waals surface area contributed by atoms with E-state index < -0.39 is 24.1 Å². The Morgan fingerprint density at radius 1 is 0.931 bits per heavy atom. The van der Waals surface area contributed by atoms with E-state index in [0.29, 0.717) is 12.8 Å². The maximum absolute atomic E-state index is 12.0. The molecule has 1 heterocycles. The molecule has 0 aromatic heterocycles. The molecular formula is C23H41NO5. The van der Waals surface area contributed by atoms with Crippen molar-refractivity contribution in [2.24, 2.45) is 0 Å². The molecule has 6 nitrogen and oxygen atoms in total. The molecule has 0 spiro atoms. The van der Waals surface area contributed by atoms with Crippen molar-refractivity contribution < 1.29 is 24.2 Å². The molecule has 1 saturated heterocycles. The summed E-state index contributed by atoms with van der Waals surface area (Å²) in [5.74, 6) is -1.93. The largest absolute Gasteiger partial charge is 0.479 e. The molecule has 6 heteroatoms. The Kier molecular flexibility index (Phi) is 14.2. The second-order valence-corrected chi connectivity index (χ2v) is 8.31. The molecule has 0 aromatic carbocycles. The number of unbranched alkanes of at least 4 members (excludes halogenated alkanes) is 13. The van der Waals surface area contributed by atoms with Crippen molar-refractivity contribution in [1.82, 2.24) is 5.32 Å². The zero-order valence-electron chi connectivity index (χ0n) is 18.3. The number of hydrogen-bond acceptors (Lipinski definition) is 4. The number of carbonyl (C=O) groups excluding carboxylic acids is 2. The molecule has 168 valence electrons. The number of aliphatic carboxylic acids is 1. The molecular weight excluding hydrogens is 370 g/mol. The fourth-order valence-electron chi connectivity index (χ4n) is 3.77. The highest BCUT2D eigenvalue weighted by atomic mass is 16.6. The van der Waals surface area contributed by atoms with Crippen molar-refractivity contribution in [3.05, 3.63) is 0 Å². The molecule has 1 aliphatic heterocycles. The van der Waals surface area contributed by atoms with Crippen LogP contribution in [-0.2, 0) is 19.1 Å². The van der Waals surface area contributed by atoms with Gasteiger partial charge >= 0.3 is 11.9 Å². The van der Waals surface area contributed by atoms with Crippen LogP contribution in [0, 0.1) is 0 Å². The van der Waals surface area contributed by atoms with Gasteiger partial charge in [0.2, 0.25) is 5.91 Å². The molecule has 1 amide bonds. The van der Waals surface area contributed by atoms with E-state index in [1.165, 1.54) is 70.6 Å². The van der Waals surface area contributed by atoms with Gasteiger partial charge < -0.3 is 15.2 Å². The maximum atomic E-state index is 12.0. The summed E-state index contributed by atoms with van der Waals surface area (Å²) >= 11 is 0. The number of carboxylic acids is 1. The zero-order valence-corrected chi connectivity index (χ0v) is 18.3. The summed E-state index contributed by atoms with van der Waals surface area (Å²) in [5, 5.41) is 11.8. The maximum Gasteiger partial charge on any atom is 0.345 e. The topological polar surface area (TPSA) is 92.7 Å². The van der Waals surface area contributed by atoms with Crippen molar-refractivity contribution >= 4 is 17.8 Å². The summed E-state index contributed by atoms with van der Waals surface area (Å²) in [6.45, 7) is 2.25. The van der Waals surface area contributed by atoms with E-state index in [1.807, 2.05) is 0 Å². The van der Waals surface area contributed by atoms with Crippen LogP contribution in [0.4, 0.5) is 0 Å². The average molecular weight is 412 g/mol. The van der Waals surface area contributed by atoms with Crippen molar-refractivity contribution in [2.75, 3.05) is 0 Å². The van der Waals surface area contributed by atoms with Gasteiger partial charge in [-0.05, 0) is 19.3 Å². The summed E-state index contributed by atoms with van der Waals surface area (Å²) in [5.41, 5.74) is 0. The molecule has 2 N–H and O–H groups in total. The van der Waals surface area contributed by atoms with Gasteiger partial charge in [0.1, 0.15) is 6.04 Å². The van der Waals surface area contributed by atoms with Crippen LogP contribution >= 0.6 is 0 Å². The van der Waals surface area contributed by atoms with Crippen LogP contribution in [0.15, 0.2) is 0 Å². The van der Waals surface area contributed by atoms with Crippen LogP contribution in [0.3, 0.4) is 0 Å². The third kappa shape index (κ3) is 12.6. The molecule has 0 saturated carbocycles. The van der Waals surface area contributed by atoms with Crippen LogP contribution in [-0.4, -0.2) is 35.1 Å². The van der Waals surface area contributed by atoms with Crippen molar-refractivity contribution in [2.45, 2.75) is 128 Å². The van der Waals surface area contributed by atoms with E-state index in [1.54, 1.807) is 0 Å². The van der Waals surface area contributed by atoms with Gasteiger partial charge in [-0.3, -0.25) is 4.79 Å². The Balaban J connectivity index is 1.97. The lowest BCUT2D eigenvalue weighted by molar-refractivity contribution is -0.165. The number of carboxylic acid groups (broad SMARTS) is 1. The van der Waals surface area contributed by atoms with Crippen LogP contribution in [0.2, 0.25) is 0 Å². The Labute approximate surface area is 176 Å². The minimum Gasteiger partial charge on any atom is -0.479 e. The molecule has 0 aliphatic carbocycles. The van der Waals surface area contributed by atoms with Gasteiger partial charge in [0, 0.05) is 6.42 Å². The Morgan fingerprint density at radius 2 is 1.41 bits per heavy atom. The van der Waals surface area contributed by atoms with Gasteiger partial charge in [0.05, 0.1) is 0 Å². The molecule has 2 unspecified atom stereocenters. The standard InChI is InChI=1S/C23H41NO5/c1-2-3-4-5-6-7-8-9-10-11-12-13-14-15-16-20(22(26)27)29-23(28)19-17-18-21(25)24-19/h19-20H,2-18H2,1H3,(H,24,25)(H,26,27). The second-order valence-electron chi connectivity index (χ2n) is 8.31. The van der Waals surface area contributed by atoms with Gasteiger partial charge in [0.25, 0.3) is 0 Å². The van der Waals surface area contributed by atoms with Crippen molar-refractivity contribution in [3.8, 4) is 0 Å². The summed E-state index contributed by atoms with van der Waals surface area (Å²) in [6, 6.07) is -0.694. The quantitative estimate of drug-likeness (QED) is 0.241. The van der Waals surface area contributed by atoms with Gasteiger partial charge in [-0.1, -0.05) is 90.4 Å². The normalized spacial score (nSPS) is 17.1. The number of nitrogens with one attached hydrogen (secondary N) is 1. The molecule has 0 radical (unpaired) electrons. The minimum atomic E-state index is -1.11. The fourth-order valence-corrected chi connectivity index (χ4v) is 3.77. The summed E-state index contributed by atoms with van der Waals surface area (Å²) in [4.78, 5) is 34.4. The van der Waals surface area contributed by atoms with Crippen LogP contribution in [0.5, 0.6) is 0 Å². The lowest BCUT2D eigenvalue weighted by Gasteiger charge is -2.16. The van der Waals surface area contributed by atoms with Crippen molar-refractivity contribution in [3.63, 3.8) is 0 Å². The van der Waals surface area contributed by atoms with Crippen LogP contribution in [0.1, 0.15) is 116 Å². The SMILES string of the molecule is CCCCCCCCCCCCCCCCC(OC(=O)C1CCC(=O)N1)C(=O)O. The smallest absolute Gasteiger partial charge is 0.345 e. The lowest BCUT2D eigenvalue weighted by atomic mass is 10.0. The van der Waals surface area contributed by atoms with Crippen LogP contribution < -0.4 is 5.32 Å². The Morgan fingerprint density at radius 3 is 1.83 bits per heavy atom. The third-order valence-corrected chi connectivity index (χ3v) is 5.63. The lowest BCUT2D eigenvalue weighted by Crippen LogP contribution is -2.38. The summed E-state index contributed by atoms with van der Waals surface area (Å²) < 4.78 is 5.10. The third-order valence-electron chi connectivity index (χ3n) is 5.63. The van der Waals surface area contributed by atoms with Gasteiger partial charge in [0.15, 0.2) is 6.10 Å². The molecule has 1 rings (SSSR count). The van der Waals surface area contributed by atoms with Gasteiger partial charge in [-0.15, -0.1) is 0 Å². The molecule has 1 aliphatic rings. The van der Waals surface area contributed by atoms with Crippen molar-refractivity contribution in [1.29, 1.82) is 0 Å². The number of carbonyl (C=O) groups is 3. The molecule has 0 bridgehead atoms. The monoisotopic (exact) mass is 411 g/mol. The highest BCUT2D eigenvalue weighted by Gasteiger charge is 2.32. The van der Waals surface area contributed by atoms with Crippen LogP contribution in [0.25, 0.3) is 0 Å². The van der Waals surface area contributed by atoms with E-state index >= 15 is 0 Å². The highest BCUT2D eigenvalue weighted by molar-refractivity contribution is 5.89. The van der Waals surface area contributed by atoms with E-state index in [0.717, 1.165) is 19.3 Å². The summed E-state index contributed by atoms with van der Waals surface area (Å²) in [7, 11) is 0. The predicted molar refractivity (Wildman–Crippen MR) is 114 cm³/mol. The Hall–Kier alpha value is -1.59. The average Bonchev–Trinajstić information content (AvgIpc) is 3.13. The minimum absolute atomic E-state index is 0.189. The van der Waals surface area contributed by atoms with E-state index in [2.05, 4.69) is 12.2 Å². The predicted octanol–water partition coefficient (Wildman–Crippen LogP) is 5.13. The number of hydrogen-bond donors (Lipinski definition) is 2. The first-order valence-electron chi connectivity index (χ1n) is 11.8. The van der Waals surface area contributed by atoms with E-state index in [4.69, 9.17) is 4.74 Å². The summed E-state index contributed by atoms with van der Waals surface area (Å²) in [6.07, 6.45) is 17.2.